The quantitative estimate of drug-likeness (QED) is 0.888. The summed E-state index contributed by atoms with van der Waals surface area (Å²) in [7, 11) is 1.88. The fourth-order valence-corrected chi connectivity index (χ4v) is 2.98. The van der Waals surface area contributed by atoms with E-state index in [9.17, 15) is 0 Å². The molecule has 0 aliphatic heterocycles. The number of nitrogens with zero attached hydrogens (tertiary/aromatic N) is 3. The van der Waals surface area contributed by atoms with Crippen LogP contribution in [0, 0.1) is 5.92 Å². The second-order valence-corrected chi connectivity index (χ2v) is 6.41. The molecule has 1 aromatic heterocycles. The molecule has 108 valence electrons. The van der Waals surface area contributed by atoms with E-state index in [1.54, 1.807) is 22.8 Å². The van der Waals surface area contributed by atoms with E-state index in [2.05, 4.69) is 35.3 Å². The summed E-state index contributed by atoms with van der Waals surface area (Å²) in [6.45, 7) is 6.18. The maximum absolute atomic E-state index is 6.33. The Hall–Kier alpha value is -1.04. The van der Waals surface area contributed by atoms with Crippen molar-refractivity contribution in [2.75, 3.05) is 6.54 Å². The fraction of sp³-hybridized carbons (Fsp3) is 0.429. The average molecular weight is 311 g/mol. The third-order valence-corrected chi connectivity index (χ3v) is 4.45. The van der Waals surface area contributed by atoms with Gasteiger partial charge in [-0.1, -0.05) is 37.6 Å². The summed E-state index contributed by atoms with van der Waals surface area (Å²) in [5.41, 5.74) is 1.19. The molecule has 1 heterocycles. The second-order valence-electron chi connectivity index (χ2n) is 5.02. The zero-order valence-electron chi connectivity index (χ0n) is 11.9. The van der Waals surface area contributed by atoms with Crippen molar-refractivity contribution in [1.82, 2.24) is 20.1 Å². The number of rotatable bonds is 6. The van der Waals surface area contributed by atoms with Gasteiger partial charge < -0.3 is 5.32 Å². The molecular formula is C14H19ClN4S. The molecule has 0 spiro atoms. The van der Waals surface area contributed by atoms with Crippen molar-refractivity contribution >= 4 is 23.4 Å². The standard InChI is InChI=1S/C14H19ClN4S/c1-10(2)7-16-8-11-5-4-6-12(15)13(11)20-14-17-9-18-19(14)3/h4-6,9-10,16H,7-8H2,1-3H3. The first-order chi connectivity index (χ1) is 9.58. The zero-order valence-corrected chi connectivity index (χ0v) is 13.5. The van der Waals surface area contributed by atoms with Gasteiger partial charge in [0.25, 0.3) is 0 Å². The zero-order chi connectivity index (χ0) is 14.5. The van der Waals surface area contributed by atoms with Crippen LogP contribution in [-0.4, -0.2) is 21.3 Å². The molecule has 0 unspecified atom stereocenters. The molecule has 2 rings (SSSR count). The Bertz CT molecular complexity index is 568. The van der Waals surface area contributed by atoms with Crippen LogP contribution in [0.3, 0.4) is 0 Å². The maximum Gasteiger partial charge on any atom is 0.190 e. The van der Waals surface area contributed by atoms with Crippen LogP contribution in [0.15, 0.2) is 34.6 Å². The fourth-order valence-electron chi connectivity index (χ4n) is 1.77. The highest BCUT2D eigenvalue weighted by Crippen LogP contribution is 2.34. The van der Waals surface area contributed by atoms with Crippen molar-refractivity contribution in [3.8, 4) is 0 Å². The van der Waals surface area contributed by atoms with Gasteiger partial charge >= 0.3 is 0 Å². The lowest BCUT2D eigenvalue weighted by atomic mass is 10.2. The summed E-state index contributed by atoms with van der Waals surface area (Å²) < 4.78 is 1.75. The number of hydrogen-bond donors (Lipinski definition) is 1. The number of aromatic nitrogens is 3. The SMILES string of the molecule is CC(C)CNCc1cccc(Cl)c1Sc1ncnn1C. The number of hydrogen-bond acceptors (Lipinski definition) is 4. The van der Waals surface area contributed by atoms with E-state index in [1.165, 1.54) is 5.56 Å². The molecule has 0 amide bonds. The predicted molar refractivity (Wildman–Crippen MR) is 83.1 cm³/mol. The van der Waals surface area contributed by atoms with Gasteiger partial charge in [-0.15, -0.1) is 0 Å². The van der Waals surface area contributed by atoms with Crippen LogP contribution in [0.2, 0.25) is 5.02 Å². The van der Waals surface area contributed by atoms with Gasteiger partial charge in [0.1, 0.15) is 6.33 Å². The molecule has 0 atom stereocenters. The van der Waals surface area contributed by atoms with Gasteiger partial charge in [-0.2, -0.15) is 5.10 Å². The summed E-state index contributed by atoms with van der Waals surface area (Å²) in [6.07, 6.45) is 1.55. The highest BCUT2D eigenvalue weighted by molar-refractivity contribution is 7.99. The van der Waals surface area contributed by atoms with E-state index in [-0.39, 0.29) is 0 Å². The van der Waals surface area contributed by atoms with Gasteiger partial charge in [0, 0.05) is 18.5 Å². The molecule has 0 aliphatic carbocycles. The number of aryl methyl sites for hydroxylation is 1. The first kappa shape index (κ1) is 15.4. The molecule has 0 bridgehead atoms. The Balaban J connectivity index is 2.16. The third-order valence-electron chi connectivity index (χ3n) is 2.78. The molecule has 6 heteroatoms. The van der Waals surface area contributed by atoms with Gasteiger partial charge in [0.2, 0.25) is 0 Å². The van der Waals surface area contributed by atoms with E-state index >= 15 is 0 Å². The van der Waals surface area contributed by atoms with Crippen molar-refractivity contribution in [2.45, 2.75) is 30.4 Å². The first-order valence-corrected chi connectivity index (χ1v) is 7.77. The molecule has 20 heavy (non-hydrogen) atoms. The Morgan fingerprint density at radius 1 is 1.40 bits per heavy atom. The van der Waals surface area contributed by atoms with Crippen molar-refractivity contribution in [3.63, 3.8) is 0 Å². The Kier molecular flexibility index (Phi) is 5.46. The number of benzene rings is 1. The van der Waals surface area contributed by atoms with Gasteiger partial charge in [-0.05, 0) is 35.9 Å². The molecule has 1 N–H and O–H groups in total. The molecule has 0 aliphatic rings. The van der Waals surface area contributed by atoms with E-state index in [0.29, 0.717) is 5.92 Å². The van der Waals surface area contributed by atoms with Crippen molar-refractivity contribution in [2.24, 2.45) is 13.0 Å². The molecule has 0 fully saturated rings. The van der Waals surface area contributed by atoms with E-state index in [0.717, 1.165) is 28.2 Å². The summed E-state index contributed by atoms with van der Waals surface area (Å²) in [6, 6.07) is 5.99. The summed E-state index contributed by atoms with van der Waals surface area (Å²) >= 11 is 7.88. The minimum Gasteiger partial charge on any atom is -0.312 e. The predicted octanol–water partition coefficient (Wildman–Crippen LogP) is 3.37. The molecule has 2 aromatic rings. The Morgan fingerprint density at radius 2 is 2.20 bits per heavy atom. The lowest BCUT2D eigenvalue weighted by Gasteiger charge is -2.12. The molecule has 0 saturated carbocycles. The van der Waals surface area contributed by atoms with Crippen LogP contribution in [0.25, 0.3) is 0 Å². The van der Waals surface area contributed by atoms with Gasteiger partial charge in [0.15, 0.2) is 5.16 Å². The van der Waals surface area contributed by atoms with E-state index in [4.69, 9.17) is 11.6 Å². The van der Waals surface area contributed by atoms with Crippen LogP contribution < -0.4 is 5.32 Å². The average Bonchev–Trinajstić information content (AvgIpc) is 2.78. The lowest BCUT2D eigenvalue weighted by Crippen LogP contribution is -2.19. The van der Waals surface area contributed by atoms with Gasteiger partial charge in [0.05, 0.1) is 5.02 Å². The lowest BCUT2D eigenvalue weighted by molar-refractivity contribution is 0.550. The van der Waals surface area contributed by atoms with E-state index in [1.807, 2.05) is 19.2 Å². The van der Waals surface area contributed by atoms with E-state index < -0.39 is 0 Å². The minimum absolute atomic E-state index is 0.629. The van der Waals surface area contributed by atoms with Crippen molar-refractivity contribution in [1.29, 1.82) is 0 Å². The summed E-state index contributed by atoms with van der Waals surface area (Å²) in [5, 5.41) is 9.12. The smallest absolute Gasteiger partial charge is 0.190 e. The molecule has 0 radical (unpaired) electrons. The van der Waals surface area contributed by atoms with Crippen molar-refractivity contribution < 1.29 is 0 Å². The molecular weight excluding hydrogens is 292 g/mol. The molecule has 1 aromatic carbocycles. The molecule has 0 saturated heterocycles. The summed E-state index contributed by atoms with van der Waals surface area (Å²) in [4.78, 5) is 5.28. The van der Waals surface area contributed by atoms with Crippen LogP contribution in [0.4, 0.5) is 0 Å². The van der Waals surface area contributed by atoms with Crippen LogP contribution in [0.5, 0.6) is 0 Å². The highest BCUT2D eigenvalue weighted by Gasteiger charge is 2.12. The highest BCUT2D eigenvalue weighted by atomic mass is 35.5. The Labute approximate surface area is 128 Å². The summed E-state index contributed by atoms with van der Waals surface area (Å²) in [5.74, 6) is 0.629. The van der Waals surface area contributed by atoms with Gasteiger partial charge in [-0.3, -0.25) is 0 Å². The molecule has 4 nitrogen and oxygen atoms in total. The Morgan fingerprint density at radius 3 is 2.85 bits per heavy atom. The maximum atomic E-state index is 6.33. The monoisotopic (exact) mass is 310 g/mol. The second kappa shape index (κ2) is 7.11. The normalized spacial score (nSPS) is 11.2. The number of nitrogens with one attached hydrogen (secondary N) is 1. The van der Waals surface area contributed by atoms with Crippen LogP contribution in [0.1, 0.15) is 19.4 Å². The largest absolute Gasteiger partial charge is 0.312 e. The number of halogens is 1. The van der Waals surface area contributed by atoms with Crippen LogP contribution >= 0.6 is 23.4 Å². The topological polar surface area (TPSA) is 42.7 Å². The minimum atomic E-state index is 0.629. The first-order valence-electron chi connectivity index (χ1n) is 6.58. The van der Waals surface area contributed by atoms with Crippen molar-refractivity contribution in [3.05, 3.63) is 35.1 Å². The third kappa shape index (κ3) is 3.98. The van der Waals surface area contributed by atoms with Gasteiger partial charge in [-0.25, -0.2) is 9.67 Å². The van der Waals surface area contributed by atoms with Crippen LogP contribution in [-0.2, 0) is 13.6 Å².